The second kappa shape index (κ2) is 9.00. The van der Waals surface area contributed by atoms with Crippen molar-refractivity contribution in [1.29, 1.82) is 0 Å². The molecule has 0 fully saturated rings. The number of hydrogen-bond acceptors (Lipinski definition) is 7. The number of nitrogens with one attached hydrogen (secondary N) is 1. The smallest absolute Gasteiger partial charge is 0.276 e. The Balaban J connectivity index is 2.18. The van der Waals surface area contributed by atoms with Gasteiger partial charge in [-0.25, -0.2) is 4.83 Å². The highest BCUT2D eigenvalue weighted by Crippen LogP contribution is 2.27. The summed E-state index contributed by atoms with van der Waals surface area (Å²) in [5, 5.41) is 14.7. The van der Waals surface area contributed by atoms with Gasteiger partial charge in [0.1, 0.15) is 6.61 Å². The minimum Gasteiger partial charge on any atom is -0.493 e. The van der Waals surface area contributed by atoms with Crippen molar-refractivity contribution >= 4 is 21.9 Å². The number of hydrogen-bond donors (Lipinski definition) is 1. The first kappa shape index (κ1) is 20.9. The van der Waals surface area contributed by atoms with Crippen LogP contribution in [0.3, 0.4) is 0 Å². The fourth-order valence-corrected chi connectivity index (χ4v) is 3.02. The second-order valence-corrected chi connectivity index (χ2v) is 7.23. The maximum absolute atomic E-state index is 12.3. The molecule has 148 valence electrons. The summed E-state index contributed by atoms with van der Waals surface area (Å²) in [7, 11) is -2.58. The molecule has 0 atom stereocenters. The molecule has 9 nitrogen and oxygen atoms in total. The molecular formula is C18H19N3O6S. The van der Waals surface area contributed by atoms with Crippen LogP contribution in [-0.2, 0) is 10.0 Å². The van der Waals surface area contributed by atoms with Gasteiger partial charge in [-0.05, 0) is 36.8 Å². The van der Waals surface area contributed by atoms with Crippen molar-refractivity contribution in [2.24, 2.45) is 5.10 Å². The third kappa shape index (κ3) is 5.07. The summed E-state index contributed by atoms with van der Waals surface area (Å²) in [6.45, 7) is 5.40. The van der Waals surface area contributed by atoms with Crippen LogP contribution in [-0.4, -0.2) is 33.3 Å². The zero-order valence-corrected chi connectivity index (χ0v) is 16.1. The maximum atomic E-state index is 12.3. The zero-order chi connectivity index (χ0) is 20.7. The Hall–Kier alpha value is -3.40. The summed E-state index contributed by atoms with van der Waals surface area (Å²) >= 11 is 0. The SMILES string of the molecule is C=CCOc1ccc(/C=N/NS(=O)(=O)c2ccc(C)c([N+](=O)[O-])c2)cc1OC. The van der Waals surface area contributed by atoms with Crippen molar-refractivity contribution in [2.75, 3.05) is 13.7 Å². The van der Waals surface area contributed by atoms with Crippen LogP contribution >= 0.6 is 0 Å². The van der Waals surface area contributed by atoms with E-state index in [1.165, 1.54) is 32.4 Å². The molecule has 0 radical (unpaired) electrons. The molecule has 1 N–H and O–H groups in total. The van der Waals surface area contributed by atoms with Crippen molar-refractivity contribution in [3.05, 3.63) is 70.3 Å². The van der Waals surface area contributed by atoms with Gasteiger partial charge in [0.05, 0.1) is 23.1 Å². The Bertz CT molecular complexity index is 1020. The summed E-state index contributed by atoms with van der Waals surface area (Å²) in [6.07, 6.45) is 2.87. The lowest BCUT2D eigenvalue weighted by atomic mass is 10.2. The van der Waals surface area contributed by atoms with Crippen LogP contribution in [0.1, 0.15) is 11.1 Å². The predicted molar refractivity (Wildman–Crippen MR) is 104 cm³/mol. The molecule has 0 aliphatic heterocycles. The van der Waals surface area contributed by atoms with Crippen molar-refractivity contribution < 1.29 is 22.8 Å². The number of nitrogens with zero attached hydrogens (tertiary/aromatic N) is 2. The van der Waals surface area contributed by atoms with Crippen LogP contribution in [0.5, 0.6) is 11.5 Å². The molecule has 0 heterocycles. The number of aryl methyl sites for hydroxylation is 1. The lowest BCUT2D eigenvalue weighted by Crippen LogP contribution is -2.18. The lowest BCUT2D eigenvalue weighted by molar-refractivity contribution is -0.385. The van der Waals surface area contributed by atoms with Gasteiger partial charge in [-0.1, -0.05) is 18.7 Å². The third-order valence-corrected chi connectivity index (χ3v) is 4.84. The molecule has 0 saturated heterocycles. The van der Waals surface area contributed by atoms with Gasteiger partial charge in [0.25, 0.3) is 15.7 Å². The molecule has 0 aliphatic rings. The molecule has 2 aromatic rings. The van der Waals surface area contributed by atoms with E-state index in [0.717, 1.165) is 6.07 Å². The zero-order valence-electron chi connectivity index (χ0n) is 15.3. The number of nitro groups is 1. The monoisotopic (exact) mass is 405 g/mol. The molecule has 2 aromatic carbocycles. The maximum Gasteiger partial charge on any atom is 0.276 e. The van der Waals surface area contributed by atoms with Gasteiger partial charge in [-0.2, -0.15) is 13.5 Å². The van der Waals surface area contributed by atoms with Gasteiger partial charge in [0, 0.05) is 11.6 Å². The fraction of sp³-hybridized carbons (Fsp3) is 0.167. The van der Waals surface area contributed by atoms with Crippen molar-refractivity contribution in [3.8, 4) is 11.5 Å². The van der Waals surface area contributed by atoms with Crippen molar-refractivity contribution in [1.82, 2.24) is 4.83 Å². The number of methoxy groups -OCH3 is 1. The molecule has 28 heavy (non-hydrogen) atoms. The van der Waals surface area contributed by atoms with E-state index in [0.29, 0.717) is 29.2 Å². The largest absolute Gasteiger partial charge is 0.493 e. The van der Waals surface area contributed by atoms with Gasteiger partial charge in [-0.3, -0.25) is 10.1 Å². The molecule has 2 rings (SSSR count). The highest BCUT2D eigenvalue weighted by molar-refractivity contribution is 7.89. The molecule has 0 aromatic heterocycles. The van der Waals surface area contributed by atoms with Gasteiger partial charge < -0.3 is 9.47 Å². The van der Waals surface area contributed by atoms with E-state index in [1.807, 2.05) is 4.83 Å². The van der Waals surface area contributed by atoms with Crippen LogP contribution < -0.4 is 14.3 Å². The number of benzene rings is 2. The first-order valence-corrected chi connectivity index (χ1v) is 9.48. The summed E-state index contributed by atoms with van der Waals surface area (Å²) in [6, 6.07) is 8.56. The summed E-state index contributed by atoms with van der Waals surface area (Å²) in [5.41, 5.74) is 0.630. The predicted octanol–water partition coefficient (Wildman–Crippen LogP) is 2.79. The van der Waals surface area contributed by atoms with Crippen molar-refractivity contribution in [2.45, 2.75) is 11.8 Å². The Kier molecular flexibility index (Phi) is 6.72. The quantitative estimate of drug-likeness (QED) is 0.296. The normalized spacial score (nSPS) is 11.2. The van der Waals surface area contributed by atoms with Gasteiger partial charge in [0.2, 0.25) is 0 Å². The molecule has 10 heteroatoms. The van der Waals surface area contributed by atoms with E-state index in [1.54, 1.807) is 24.3 Å². The highest BCUT2D eigenvalue weighted by atomic mass is 32.2. The Morgan fingerprint density at radius 2 is 2.00 bits per heavy atom. The second-order valence-electron chi connectivity index (χ2n) is 5.57. The van der Waals surface area contributed by atoms with Crippen LogP contribution in [0.2, 0.25) is 0 Å². The number of hydrazone groups is 1. The highest BCUT2D eigenvalue weighted by Gasteiger charge is 2.19. The van der Waals surface area contributed by atoms with Crippen molar-refractivity contribution in [3.63, 3.8) is 0 Å². The molecule has 0 bridgehead atoms. The molecule has 0 unspecified atom stereocenters. The third-order valence-electron chi connectivity index (χ3n) is 3.62. The molecule has 0 amide bonds. The van der Waals surface area contributed by atoms with Gasteiger partial charge >= 0.3 is 0 Å². The molecular weight excluding hydrogens is 386 g/mol. The van der Waals surface area contributed by atoms with E-state index >= 15 is 0 Å². The van der Waals surface area contributed by atoms with Crippen LogP contribution in [0.4, 0.5) is 5.69 Å². The molecule has 0 aliphatic carbocycles. The topological polar surface area (TPSA) is 120 Å². The van der Waals surface area contributed by atoms with Crippen LogP contribution in [0.15, 0.2) is 59.1 Å². The van der Waals surface area contributed by atoms with Gasteiger partial charge in [0.15, 0.2) is 11.5 Å². The average Bonchev–Trinajstić information content (AvgIpc) is 2.66. The Morgan fingerprint density at radius 1 is 1.25 bits per heavy atom. The van der Waals surface area contributed by atoms with E-state index in [9.17, 15) is 18.5 Å². The number of nitro benzene ring substituents is 1. The summed E-state index contributed by atoms with van der Waals surface area (Å²) < 4.78 is 35.3. The number of sulfonamides is 1. The van der Waals surface area contributed by atoms with Gasteiger partial charge in [-0.15, -0.1) is 0 Å². The minimum atomic E-state index is -4.06. The van der Waals surface area contributed by atoms with E-state index < -0.39 is 14.9 Å². The first-order valence-electron chi connectivity index (χ1n) is 8.00. The van der Waals surface area contributed by atoms with E-state index in [2.05, 4.69) is 11.7 Å². The molecule has 0 spiro atoms. The minimum absolute atomic E-state index is 0.257. The fourth-order valence-electron chi connectivity index (χ4n) is 2.21. The van der Waals surface area contributed by atoms with E-state index in [-0.39, 0.29) is 10.6 Å². The summed E-state index contributed by atoms with van der Waals surface area (Å²) in [4.78, 5) is 12.1. The number of rotatable bonds is 9. The Morgan fingerprint density at radius 3 is 2.64 bits per heavy atom. The first-order chi connectivity index (χ1) is 13.3. The average molecular weight is 405 g/mol. The van der Waals surface area contributed by atoms with Crippen LogP contribution in [0, 0.1) is 17.0 Å². The summed E-state index contributed by atoms with van der Waals surface area (Å²) in [5.74, 6) is 0.954. The van der Waals surface area contributed by atoms with E-state index in [4.69, 9.17) is 9.47 Å². The standard InChI is InChI=1S/C18H19N3O6S/c1-4-9-27-17-8-6-14(10-18(17)26-3)12-19-20-28(24,25)15-7-5-13(2)16(11-15)21(22)23/h4-8,10-12,20H,1,9H2,2-3H3/b19-12+. The Labute approximate surface area is 162 Å². The molecule has 0 saturated carbocycles. The van der Waals surface area contributed by atoms with Crippen LogP contribution in [0.25, 0.3) is 0 Å². The number of ether oxygens (including phenoxy) is 2. The lowest BCUT2D eigenvalue weighted by Gasteiger charge is -2.09.